The minimum Gasteiger partial charge on any atom is -0.336 e. The summed E-state index contributed by atoms with van der Waals surface area (Å²) in [5.41, 5.74) is 6.53. The Morgan fingerprint density at radius 2 is 2.00 bits per heavy atom. The Balaban J connectivity index is 2.62. The molecular formula is C11H15ClN2O. The first-order chi connectivity index (χ1) is 7.27. The van der Waals surface area contributed by atoms with Gasteiger partial charge in [-0.15, -0.1) is 11.6 Å². The Kier molecular flexibility index (Phi) is 5.15. The van der Waals surface area contributed by atoms with Crippen molar-refractivity contribution in [2.45, 2.75) is 6.54 Å². The summed E-state index contributed by atoms with van der Waals surface area (Å²) in [6.45, 7) is 1.57. The van der Waals surface area contributed by atoms with Crippen molar-refractivity contribution in [3.8, 4) is 0 Å². The Bertz CT molecular complexity index is 303. The van der Waals surface area contributed by atoms with E-state index in [-0.39, 0.29) is 11.8 Å². The molecule has 0 aromatic heterocycles. The third-order valence-electron chi connectivity index (χ3n) is 2.08. The number of hydrogen-bond donors (Lipinski definition) is 1. The average molecular weight is 227 g/mol. The van der Waals surface area contributed by atoms with Gasteiger partial charge in [0.2, 0.25) is 5.91 Å². The fourth-order valence-electron chi connectivity index (χ4n) is 1.34. The number of amides is 1. The Labute approximate surface area is 94.8 Å². The molecule has 4 heteroatoms. The fraction of sp³-hybridized carbons (Fsp3) is 0.364. The van der Waals surface area contributed by atoms with Crippen LogP contribution < -0.4 is 5.73 Å². The number of hydrogen-bond acceptors (Lipinski definition) is 2. The molecule has 0 saturated heterocycles. The molecular weight excluding hydrogens is 212 g/mol. The van der Waals surface area contributed by atoms with Gasteiger partial charge in [-0.3, -0.25) is 4.79 Å². The summed E-state index contributed by atoms with van der Waals surface area (Å²) >= 11 is 5.52. The van der Waals surface area contributed by atoms with Crippen LogP contribution in [0.2, 0.25) is 0 Å². The van der Waals surface area contributed by atoms with Crippen LogP contribution in [-0.4, -0.2) is 29.8 Å². The number of carbonyl (C=O) groups excluding carboxylic acids is 1. The normalized spacial score (nSPS) is 10.0. The maximum Gasteiger partial charge on any atom is 0.237 e. The van der Waals surface area contributed by atoms with E-state index in [1.807, 2.05) is 30.3 Å². The van der Waals surface area contributed by atoms with Crippen LogP contribution in [0.25, 0.3) is 0 Å². The highest BCUT2D eigenvalue weighted by Gasteiger charge is 2.11. The van der Waals surface area contributed by atoms with Gasteiger partial charge in [-0.05, 0) is 5.56 Å². The first kappa shape index (κ1) is 12.0. The van der Waals surface area contributed by atoms with E-state index in [1.165, 1.54) is 0 Å². The summed E-state index contributed by atoms with van der Waals surface area (Å²) < 4.78 is 0. The van der Waals surface area contributed by atoms with Crippen LogP contribution in [0, 0.1) is 0 Å². The molecule has 1 aromatic carbocycles. The smallest absolute Gasteiger partial charge is 0.237 e. The molecule has 1 rings (SSSR count). The fourth-order valence-corrected chi connectivity index (χ4v) is 1.51. The standard InChI is InChI=1S/C11H15ClN2O/c12-8-11(15)14(7-6-13)9-10-4-2-1-3-5-10/h1-5H,6-9,13H2. The summed E-state index contributed by atoms with van der Waals surface area (Å²) in [5.74, 6) is -0.0710. The number of halogens is 1. The van der Waals surface area contributed by atoms with E-state index in [4.69, 9.17) is 17.3 Å². The lowest BCUT2D eigenvalue weighted by Gasteiger charge is -2.20. The number of benzene rings is 1. The Morgan fingerprint density at radius 1 is 1.33 bits per heavy atom. The second kappa shape index (κ2) is 6.43. The van der Waals surface area contributed by atoms with E-state index < -0.39 is 0 Å². The predicted molar refractivity (Wildman–Crippen MR) is 61.6 cm³/mol. The molecule has 0 bridgehead atoms. The van der Waals surface area contributed by atoms with Crippen LogP contribution in [0.1, 0.15) is 5.56 Å². The van der Waals surface area contributed by atoms with Crippen molar-refractivity contribution in [2.24, 2.45) is 5.73 Å². The van der Waals surface area contributed by atoms with Crippen LogP contribution in [0.4, 0.5) is 0 Å². The molecule has 0 saturated carbocycles. The van der Waals surface area contributed by atoms with Crippen LogP contribution in [0.5, 0.6) is 0 Å². The highest BCUT2D eigenvalue weighted by atomic mass is 35.5. The quantitative estimate of drug-likeness (QED) is 0.768. The SMILES string of the molecule is NCCN(Cc1ccccc1)C(=O)CCl. The first-order valence-corrected chi connectivity index (χ1v) is 5.39. The lowest BCUT2D eigenvalue weighted by molar-refractivity contribution is -0.129. The van der Waals surface area contributed by atoms with E-state index in [1.54, 1.807) is 4.90 Å². The first-order valence-electron chi connectivity index (χ1n) is 4.85. The van der Waals surface area contributed by atoms with Gasteiger partial charge in [0.15, 0.2) is 0 Å². The Morgan fingerprint density at radius 3 is 2.53 bits per heavy atom. The molecule has 1 aromatic rings. The van der Waals surface area contributed by atoms with Crippen LogP contribution in [-0.2, 0) is 11.3 Å². The molecule has 0 atom stereocenters. The molecule has 0 radical (unpaired) electrons. The highest BCUT2D eigenvalue weighted by molar-refractivity contribution is 6.27. The topological polar surface area (TPSA) is 46.3 Å². The molecule has 0 unspecified atom stereocenters. The summed E-state index contributed by atoms with van der Waals surface area (Å²) in [4.78, 5) is 13.1. The minimum absolute atomic E-state index is 0.00678. The molecule has 0 heterocycles. The predicted octanol–water partition coefficient (Wildman–Crippen LogP) is 1.21. The van der Waals surface area contributed by atoms with E-state index in [0.717, 1.165) is 5.56 Å². The van der Waals surface area contributed by atoms with Gasteiger partial charge in [-0.2, -0.15) is 0 Å². The molecule has 0 aliphatic carbocycles. The van der Waals surface area contributed by atoms with Crippen LogP contribution in [0.3, 0.4) is 0 Å². The van der Waals surface area contributed by atoms with Crippen molar-refractivity contribution in [1.82, 2.24) is 4.90 Å². The van der Waals surface area contributed by atoms with Gasteiger partial charge in [-0.25, -0.2) is 0 Å². The zero-order chi connectivity index (χ0) is 11.1. The summed E-state index contributed by atoms with van der Waals surface area (Å²) in [7, 11) is 0. The third-order valence-corrected chi connectivity index (χ3v) is 2.31. The maximum atomic E-state index is 11.4. The Hall–Kier alpha value is -1.06. The monoisotopic (exact) mass is 226 g/mol. The van der Waals surface area contributed by atoms with Gasteiger partial charge < -0.3 is 10.6 Å². The lowest BCUT2D eigenvalue weighted by Crippen LogP contribution is -2.35. The summed E-state index contributed by atoms with van der Waals surface area (Å²) in [6.07, 6.45) is 0. The minimum atomic E-state index is -0.0778. The molecule has 0 aliphatic rings. The van der Waals surface area contributed by atoms with E-state index in [0.29, 0.717) is 19.6 Å². The number of carbonyl (C=O) groups is 1. The van der Waals surface area contributed by atoms with Crippen molar-refractivity contribution in [2.75, 3.05) is 19.0 Å². The second-order valence-electron chi connectivity index (χ2n) is 3.22. The van der Waals surface area contributed by atoms with E-state index >= 15 is 0 Å². The largest absolute Gasteiger partial charge is 0.336 e. The van der Waals surface area contributed by atoms with Crippen molar-refractivity contribution in [1.29, 1.82) is 0 Å². The maximum absolute atomic E-state index is 11.4. The van der Waals surface area contributed by atoms with Crippen molar-refractivity contribution in [3.05, 3.63) is 35.9 Å². The second-order valence-corrected chi connectivity index (χ2v) is 3.49. The number of rotatable bonds is 5. The molecule has 82 valence electrons. The summed E-state index contributed by atoms with van der Waals surface area (Å²) in [5, 5.41) is 0. The van der Waals surface area contributed by atoms with Gasteiger partial charge in [0, 0.05) is 19.6 Å². The molecule has 15 heavy (non-hydrogen) atoms. The van der Waals surface area contributed by atoms with E-state index in [2.05, 4.69) is 0 Å². The van der Waals surface area contributed by atoms with Crippen LogP contribution >= 0.6 is 11.6 Å². The summed E-state index contributed by atoms with van der Waals surface area (Å²) in [6, 6.07) is 9.79. The molecule has 2 N–H and O–H groups in total. The zero-order valence-corrected chi connectivity index (χ0v) is 9.28. The third kappa shape index (κ3) is 3.90. The van der Waals surface area contributed by atoms with Crippen molar-refractivity contribution < 1.29 is 4.79 Å². The lowest BCUT2D eigenvalue weighted by atomic mass is 10.2. The van der Waals surface area contributed by atoms with Gasteiger partial charge >= 0.3 is 0 Å². The molecule has 0 spiro atoms. The molecule has 0 fully saturated rings. The molecule has 1 amide bonds. The van der Waals surface area contributed by atoms with Crippen molar-refractivity contribution >= 4 is 17.5 Å². The van der Waals surface area contributed by atoms with Crippen molar-refractivity contribution in [3.63, 3.8) is 0 Å². The molecule has 3 nitrogen and oxygen atoms in total. The number of alkyl halides is 1. The molecule has 0 aliphatic heterocycles. The average Bonchev–Trinajstić information content (AvgIpc) is 2.29. The van der Waals surface area contributed by atoms with Gasteiger partial charge in [0.1, 0.15) is 5.88 Å². The van der Waals surface area contributed by atoms with Crippen LogP contribution in [0.15, 0.2) is 30.3 Å². The number of nitrogens with zero attached hydrogens (tertiary/aromatic N) is 1. The van der Waals surface area contributed by atoms with Gasteiger partial charge in [0.05, 0.1) is 0 Å². The highest BCUT2D eigenvalue weighted by Crippen LogP contribution is 2.04. The zero-order valence-electron chi connectivity index (χ0n) is 8.53. The van der Waals surface area contributed by atoms with Gasteiger partial charge in [0.25, 0.3) is 0 Å². The van der Waals surface area contributed by atoms with E-state index in [9.17, 15) is 4.79 Å². The number of nitrogens with two attached hydrogens (primary N) is 1. The van der Waals surface area contributed by atoms with Gasteiger partial charge in [-0.1, -0.05) is 30.3 Å².